The first-order chi connectivity index (χ1) is 16.2. The fourth-order valence-corrected chi connectivity index (χ4v) is 4.93. The molecule has 1 atom stereocenters. The van der Waals surface area contributed by atoms with Crippen LogP contribution in [0.2, 0.25) is 0 Å². The van der Waals surface area contributed by atoms with Gasteiger partial charge in [0.2, 0.25) is 0 Å². The second-order valence-electron chi connectivity index (χ2n) is 8.70. The third-order valence-electron chi connectivity index (χ3n) is 6.54. The third kappa shape index (κ3) is 4.67. The number of aromatic nitrogens is 3. The number of aromatic amines is 1. The first-order valence-corrected chi connectivity index (χ1v) is 11.5. The molecule has 1 unspecified atom stereocenters. The Morgan fingerprint density at radius 1 is 1.09 bits per heavy atom. The van der Waals surface area contributed by atoms with Crippen molar-refractivity contribution in [2.24, 2.45) is 5.73 Å². The van der Waals surface area contributed by atoms with Crippen molar-refractivity contribution in [1.82, 2.24) is 25.3 Å². The molecule has 1 aliphatic carbocycles. The maximum atomic E-state index is 9.08. The van der Waals surface area contributed by atoms with E-state index in [1.807, 2.05) is 36.5 Å². The van der Waals surface area contributed by atoms with E-state index < -0.39 is 0 Å². The molecule has 0 aliphatic heterocycles. The van der Waals surface area contributed by atoms with Crippen LogP contribution in [0.15, 0.2) is 60.8 Å². The van der Waals surface area contributed by atoms with Crippen LogP contribution >= 0.6 is 0 Å². The molecule has 1 aliphatic rings. The summed E-state index contributed by atoms with van der Waals surface area (Å²) in [6.45, 7) is 2.29. The summed E-state index contributed by atoms with van der Waals surface area (Å²) in [7, 11) is 0. The van der Waals surface area contributed by atoms with Crippen molar-refractivity contribution in [2.75, 3.05) is 0 Å². The molecule has 0 saturated carbocycles. The minimum Gasteiger partial charge on any atom is -0.341 e. The molecule has 5 N–H and O–H groups in total. The van der Waals surface area contributed by atoms with Crippen LogP contribution in [0, 0.1) is 0 Å². The molecule has 0 bridgehead atoms. The van der Waals surface area contributed by atoms with E-state index in [1.165, 1.54) is 16.8 Å². The maximum Gasteiger partial charge on any atom is 0.121 e. The normalized spacial score (nSPS) is 15.8. The number of para-hydroxylation sites is 2. The van der Waals surface area contributed by atoms with Gasteiger partial charge in [-0.2, -0.15) is 0 Å². The van der Waals surface area contributed by atoms with Crippen molar-refractivity contribution < 1.29 is 5.21 Å². The Labute approximate surface area is 193 Å². The molecule has 2 heterocycles. The lowest BCUT2D eigenvalue weighted by atomic mass is 9.90. The number of hydroxylamine groups is 1. The zero-order chi connectivity index (χ0) is 22.6. The van der Waals surface area contributed by atoms with Gasteiger partial charge < -0.3 is 15.9 Å². The molecule has 33 heavy (non-hydrogen) atoms. The quantitative estimate of drug-likeness (QED) is 0.308. The Bertz CT molecular complexity index is 1200. The van der Waals surface area contributed by atoms with Gasteiger partial charge in [-0.3, -0.25) is 9.88 Å². The van der Waals surface area contributed by atoms with Crippen molar-refractivity contribution >= 4 is 11.0 Å². The maximum absolute atomic E-state index is 9.08. The Hall–Kier alpha value is -3.10. The van der Waals surface area contributed by atoms with Crippen LogP contribution in [0.5, 0.6) is 0 Å². The van der Waals surface area contributed by atoms with E-state index in [4.69, 9.17) is 20.9 Å². The second kappa shape index (κ2) is 9.80. The van der Waals surface area contributed by atoms with Crippen molar-refractivity contribution in [3.63, 3.8) is 0 Å². The number of pyridine rings is 1. The molecule has 7 heteroatoms. The molecule has 4 aromatic rings. The smallest absolute Gasteiger partial charge is 0.121 e. The Morgan fingerprint density at radius 2 is 2.00 bits per heavy atom. The van der Waals surface area contributed by atoms with Crippen LogP contribution in [-0.2, 0) is 32.6 Å². The van der Waals surface area contributed by atoms with Gasteiger partial charge in [0.25, 0.3) is 0 Å². The van der Waals surface area contributed by atoms with E-state index in [1.54, 1.807) is 0 Å². The number of benzene rings is 2. The van der Waals surface area contributed by atoms with Gasteiger partial charge in [-0.15, -0.1) is 0 Å². The monoisotopic (exact) mass is 442 g/mol. The summed E-state index contributed by atoms with van der Waals surface area (Å²) in [5.41, 5.74) is 16.2. The van der Waals surface area contributed by atoms with Crippen LogP contribution in [-0.4, -0.2) is 25.1 Å². The average molecular weight is 443 g/mol. The van der Waals surface area contributed by atoms with Crippen molar-refractivity contribution in [3.05, 3.63) is 94.6 Å². The zero-order valence-electron chi connectivity index (χ0n) is 18.7. The van der Waals surface area contributed by atoms with Crippen LogP contribution < -0.4 is 11.2 Å². The topological polar surface area (TPSA) is 103 Å². The third-order valence-corrected chi connectivity index (χ3v) is 6.54. The molecule has 170 valence electrons. The van der Waals surface area contributed by atoms with Gasteiger partial charge in [-0.25, -0.2) is 10.5 Å². The number of hydrogen-bond acceptors (Lipinski definition) is 6. The van der Waals surface area contributed by atoms with Gasteiger partial charge in [0.1, 0.15) is 5.82 Å². The molecule has 0 spiro atoms. The summed E-state index contributed by atoms with van der Waals surface area (Å²) in [6, 6.07) is 18.8. The predicted octanol–water partition coefficient (Wildman–Crippen LogP) is 3.98. The van der Waals surface area contributed by atoms with E-state index in [9.17, 15) is 0 Å². The number of fused-ring (bicyclic) bond motifs is 2. The molecule has 2 aromatic heterocycles. The number of nitrogens with two attached hydrogens (primary N) is 1. The van der Waals surface area contributed by atoms with Crippen molar-refractivity contribution in [1.29, 1.82) is 0 Å². The van der Waals surface area contributed by atoms with Crippen LogP contribution in [0.25, 0.3) is 11.0 Å². The number of nitrogens with one attached hydrogen (secondary N) is 2. The molecule has 7 nitrogen and oxygen atoms in total. The lowest BCUT2D eigenvalue weighted by Gasteiger charge is -2.35. The fourth-order valence-electron chi connectivity index (χ4n) is 4.93. The number of aryl methyl sites for hydroxylation is 1. The van der Waals surface area contributed by atoms with Gasteiger partial charge in [0.15, 0.2) is 0 Å². The van der Waals surface area contributed by atoms with E-state index in [0.29, 0.717) is 19.6 Å². The van der Waals surface area contributed by atoms with Crippen LogP contribution in [0.3, 0.4) is 0 Å². The van der Waals surface area contributed by atoms with Crippen LogP contribution in [0.1, 0.15) is 52.7 Å². The van der Waals surface area contributed by atoms with E-state index in [0.717, 1.165) is 53.8 Å². The summed E-state index contributed by atoms with van der Waals surface area (Å²) < 4.78 is 0. The number of H-pyrrole nitrogens is 1. The van der Waals surface area contributed by atoms with Gasteiger partial charge in [0.05, 0.1) is 29.3 Å². The average Bonchev–Trinajstić information content (AvgIpc) is 3.27. The van der Waals surface area contributed by atoms with Gasteiger partial charge in [0, 0.05) is 25.8 Å². The van der Waals surface area contributed by atoms with Gasteiger partial charge >= 0.3 is 0 Å². The number of nitrogens with zero attached hydrogens (tertiary/aromatic N) is 3. The van der Waals surface area contributed by atoms with E-state index >= 15 is 0 Å². The summed E-state index contributed by atoms with van der Waals surface area (Å²) in [5, 5.41) is 9.08. The van der Waals surface area contributed by atoms with Crippen molar-refractivity contribution in [3.8, 4) is 0 Å². The number of rotatable bonds is 8. The summed E-state index contributed by atoms with van der Waals surface area (Å²) in [4.78, 5) is 15.6. The van der Waals surface area contributed by atoms with Gasteiger partial charge in [-0.1, -0.05) is 36.4 Å². The highest BCUT2D eigenvalue weighted by atomic mass is 16.5. The van der Waals surface area contributed by atoms with E-state index in [2.05, 4.69) is 39.6 Å². The van der Waals surface area contributed by atoms with E-state index in [-0.39, 0.29) is 6.04 Å². The molecule has 0 amide bonds. The molecule has 0 saturated heterocycles. The zero-order valence-corrected chi connectivity index (χ0v) is 18.7. The summed E-state index contributed by atoms with van der Waals surface area (Å²) in [5.74, 6) is 0.953. The highest BCUT2D eigenvalue weighted by molar-refractivity contribution is 5.74. The molecule has 0 fully saturated rings. The molecule has 5 rings (SSSR count). The largest absolute Gasteiger partial charge is 0.341 e. The second-order valence-corrected chi connectivity index (χ2v) is 8.70. The fraction of sp³-hybridized carbons (Fsp3) is 0.308. The highest BCUT2D eigenvalue weighted by Crippen LogP contribution is 2.35. The molecular formula is C26H30N6O. The minimum absolute atomic E-state index is 0.215. The Balaban J connectivity index is 1.50. The number of hydrogen-bond donors (Lipinski definition) is 4. The molecule has 2 aromatic carbocycles. The Kier molecular flexibility index (Phi) is 6.46. The van der Waals surface area contributed by atoms with Gasteiger partial charge in [-0.05, 0) is 59.7 Å². The first-order valence-electron chi connectivity index (χ1n) is 11.5. The SMILES string of the molecule is NCc1cc(CNO)ccc1CN(Cc1nc2ccccc2[nH]1)C1CCCc2cccnc21. The van der Waals surface area contributed by atoms with Crippen LogP contribution in [0.4, 0.5) is 0 Å². The first kappa shape index (κ1) is 21.7. The minimum atomic E-state index is 0.215. The predicted molar refractivity (Wildman–Crippen MR) is 128 cm³/mol. The summed E-state index contributed by atoms with van der Waals surface area (Å²) in [6.07, 6.45) is 5.19. The standard InChI is InChI=1S/C26H30N6O/c27-14-21-13-18(15-29-33)10-11-20(21)16-32(17-25-30-22-7-1-2-8-23(22)31-25)24-9-3-5-19-6-4-12-28-26(19)24/h1-2,4,6-8,10-13,24,29,33H,3,5,9,14-17,27H2,(H,30,31). The molecule has 0 radical (unpaired) electrons. The number of imidazole rings is 1. The summed E-state index contributed by atoms with van der Waals surface area (Å²) >= 11 is 0. The lowest BCUT2D eigenvalue weighted by molar-refractivity contribution is 0.153. The highest BCUT2D eigenvalue weighted by Gasteiger charge is 2.28. The molecular weight excluding hydrogens is 412 g/mol. The van der Waals surface area contributed by atoms with Crippen molar-refractivity contribution in [2.45, 2.75) is 51.5 Å². The lowest BCUT2D eigenvalue weighted by Crippen LogP contribution is -2.32. The Morgan fingerprint density at radius 3 is 2.85 bits per heavy atom.